The molecule has 3 aromatic rings. The van der Waals surface area contributed by atoms with Crippen molar-refractivity contribution in [2.24, 2.45) is 0 Å². The highest BCUT2D eigenvalue weighted by Gasteiger charge is 2.07. The molecule has 0 bridgehead atoms. The van der Waals surface area contributed by atoms with Crippen LogP contribution in [0.2, 0.25) is 0 Å². The number of rotatable bonds is 3. The zero-order valence-corrected chi connectivity index (χ0v) is 12.0. The van der Waals surface area contributed by atoms with Crippen LogP contribution in [0.25, 0.3) is 10.8 Å². The van der Waals surface area contributed by atoms with Gasteiger partial charge in [-0.05, 0) is 34.5 Å². The van der Waals surface area contributed by atoms with Crippen molar-refractivity contribution in [3.05, 3.63) is 77.9 Å². The second-order valence-corrected chi connectivity index (χ2v) is 5.09. The molecule has 3 rings (SSSR count). The summed E-state index contributed by atoms with van der Waals surface area (Å²) < 4.78 is 0. The van der Waals surface area contributed by atoms with E-state index in [9.17, 15) is 4.79 Å². The van der Waals surface area contributed by atoms with Gasteiger partial charge >= 0.3 is 0 Å². The molecule has 0 unspecified atom stereocenters. The van der Waals surface area contributed by atoms with Gasteiger partial charge in [-0.3, -0.25) is 4.79 Å². The van der Waals surface area contributed by atoms with E-state index in [-0.39, 0.29) is 5.91 Å². The van der Waals surface area contributed by atoms with Crippen LogP contribution in [0.4, 0.5) is 5.69 Å². The van der Waals surface area contributed by atoms with Crippen molar-refractivity contribution in [2.75, 3.05) is 5.32 Å². The van der Waals surface area contributed by atoms with Gasteiger partial charge in [0.25, 0.3) is 0 Å². The number of amides is 1. The van der Waals surface area contributed by atoms with E-state index < -0.39 is 0 Å². The van der Waals surface area contributed by atoms with Crippen LogP contribution in [0.5, 0.6) is 0 Å². The molecule has 0 aromatic heterocycles. The number of benzene rings is 3. The van der Waals surface area contributed by atoms with Gasteiger partial charge in [0, 0.05) is 11.3 Å². The Morgan fingerprint density at radius 3 is 2.64 bits per heavy atom. The summed E-state index contributed by atoms with van der Waals surface area (Å²) in [4.78, 5) is 12.3. The van der Waals surface area contributed by atoms with E-state index in [2.05, 4.69) is 11.2 Å². The third-order valence-corrected chi connectivity index (χ3v) is 3.54. The Morgan fingerprint density at radius 2 is 1.77 bits per heavy atom. The maximum absolute atomic E-state index is 12.3. The first-order chi connectivity index (χ1) is 10.8. The van der Waals surface area contributed by atoms with Crippen molar-refractivity contribution in [3.63, 3.8) is 0 Å². The Morgan fingerprint density at radius 1 is 1.00 bits per heavy atom. The second kappa shape index (κ2) is 6.15. The van der Waals surface area contributed by atoms with Gasteiger partial charge in [0.2, 0.25) is 5.91 Å². The minimum absolute atomic E-state index is 0.0504. The maximum Gasteiger partial charge on any atom is 0.228 e. The van der Waals surface area contributed by atoms with E-state index in [4.69, 9.17) is 6.42 Å². The molecule has 2 nitrogen and oxygen atoms in total. The lowest BCUT2D eigenvalue weighted by molar-refractivity contribution is -0.115. The predicted octanol–water partition coefficient (Wildman–Crippen LogP) is 4.00. The van der Waals surface area contributed by atoms with Gasteiger partial charge in [-0.1, -0.05) is 54.5 Å². The SMILES string of the molecule is C#Cc1cccc(NC(=O)Cc2cccc3ccccc23)c1. The highest BCUT2D eigenvalue weighted by molar-refractivity contribution is 5.96. The summed E-state index contributed by atoms with van der Waals surface area (Å²) in [6.45, 7) is 0. The quantitative estimate of drug-likeness (QED) is 0.724. The van der Waals surface area contributed by atoms with Crippen molar-refractivity contribution in [2.45, 2.75) is 6.42 Å². The summed E-state index contributed by atoms with van der Waals surface area (Å²) in [5.74, 6) is 2.51. The van der Waals surface area contributed by atoms with Gasteiger partial charge in [-0.25, -0.2) is 0 Å². The van der Waals surface area contributed by atoms with Gasteiger partial charge in [0.1, 0.15) is 0 Å². The lowest BCUT2D eigenvalue weighted by Gasteiger charge is -2.08. The lowest BCUT2D eigenvalue weighted by atomic mass is 10.0. The van der Waals surface area contributed by atoms with E-state index in [1.165, 1.54) is 0 Å². The Labute approximate surface area is 129 Å². The first-order valence-electron chi connectivity index (χ1n) is 7.09. The zero-order chi connectivity index (χ0) is 15.4. The monoisotopic (exact) mass is 285 g/mol. The molecule has 0 aliphatic carbocycles. The van der Waals surface area contributed by atoms with Crippen LogP contribution in [0.15, 0.2) is 66.7 Å². The van der Waals surface area contributed by atoms with Crippen LogP contribution in [0.1, 0.15) is 11.1 Å². The summed E-state index contributed by atoms with van der Waals surface area (Å²) in [6, 6.07) is 21.4. The molecule has 22 heavy (non-hydrogen) atoms. The maximum atomic E-state index is 12.3. The van der Waals surface area contributed by atoms with E-state index >= 15 is 0 Å². The molecule has 0 saturated carbocycles. The van der Waals surface area contributed by atoms with Gasteiger partial charge in [0.05, 0.1) is 6.42 Å². The average molecular weight is 285 g/mol. The van der Waals surface area contributed by atoms with E-state index in [0.717, 1.165) is 27.6 Å². The minimum atomic E-state index is -0.0504. The number of terminal acetylenes is 1. The molecular weight excluding hydrogens is 270 g/mol. The first-order valence-corrected chi connectivity index (χ1v) is 7.09. The summed E-state index contributed by atoms with van der Waals surface area (Å²) in [5, 5.41) is 5.15. The predicted molar refractivity (Wildman–Crippen MR) is 90.7 cm³/mol. The third kappa shape index (κ3) is 2.99. The first kappa shape index (κ1) is 13.9. The van der Waals surface area contributed by atoms with E-state index in [0.29, 0.717) is 6.42 Å². The Balaban J connectivity index is 1.80. The molecule has 0 fully saturated rings. The Hall–Kier alpha value is -3.05. The summed E-state index contributed by atoms with van der Waals surface area (Å²) in [7, 11) is 0. The van der Waals surface area contributed by atoms with E-state index in [1.807, 2.05) is 60.7 Å². The number of hydrogen-bond donors (Lipinski definition) is 1. The number of hydrogen-bond acceptors (Lipinski definition) is 1. The topological polar surface area (TPSA) is 29.1 Å². The fourth-order valence-electron chi connectivity index (χ4n) is 2.51. The number of fused-ring (bicyclic) bond motifs is 1. The molecule has 0 aliphatic rings. The van der Waals surface area contributed by atoms with Crippen LogP contribution < -0.4 is 5.32 Å². The molecule has 0 spiro atoms. The number of carbonyl (C=O) groups is 1. The van der Waals surface area contributed by atoms with Crippen molar-refractivity contribution >= 4 is 22.4 Å². The number of nitrogens with one attached hydrogen (secondary N) is 1. The Bertz CT molecular complexity index is 869. The molecule has 1 N–H and O–H groups in total. The standard InChI is InChI=1S/C20H15NO/c1-2-15-7-5-11-18(13-15)21-20(22)14-17-10-6-9-16-8-3-4-12-19(16)17/h1,3-13H,14H2,(H,21,22). The smallest absolute Gasteiger partial charge is 0.228 e. The van der Waals surface area contributed by atoms with Gasteiger partial charge in [0.15, 0.2) is 0 Å². The van der Waals surface area contributed by atoms with Gasteiger partial charge in [-0.2, -0.15) is 0 Å². The fourth-order valence-corrected chi connectivity index (χ4v) is 2.51. The van der Waals surface area contributed by atoms with Crippen LogP contribution in [-0.2, 0) is 11.2 Å². The fraction of sp³-hybridized carbons (Fsp3) is 0.0500. The summed E-state index contributed by atoms with van der Waals surface area (Å²) in [6.07, 6.45) is 5.71. The van der Waals surface area contributed by atoms with Crippen LogP contribution in [0.3, 0.4) is 0 Å². The van der Waals surface area contributed by atoms with Crippen molar-refractivity contribution in [1.82, 2.24) is 0 Å². The molecule has 0 aliphatic heterocycles. The molecular formula is C20H15NO. The van der Waals surface area contributed by atoms with Crippen LogP contribution in [-0.4, -0.2) is 5.91 Å². The molecule has 3 aromatic carbocycles. The van der Waals surface area contributed by atoms with E-state index in [1.54, 1.807) is 6.07 Å². The molecule has 0 atom stereocenters. The van der Waals surface area contributed by atoms with Crippen molar-refractivity contribution < 1.29 is 4.79 Å². The largest absolute Gasteiger partial charge is 0.326 e. The second-order valence-electron chi connectivity index (χ2n) is 5.09. The molecule has 2 heteroatoms. The normalized spacial score (nSPS) is 10.1. The molecule has 0 radical (unpaired) electrons. The zero-order valence-electron chi connectivity index (χ0n) is 12.0. The highest BCUT2D eigenvalue weighted by atomic mass is 16.1. The number of carbonyl (C=O) groups excluding carboxylic acids is 1. The summed E-state index contributed by atoms with van der Waals surface area (Å²) in [5.41, 5.74) is 2.49. The highest BCUT2D eigenvalue weighted by Crippen LogP contribution is 2.19. The minimum Gasteiger partial charge on any atom is -0.326 e. The van der Waals surface area contributed by atoms with Crippen molar-refractivity contribution in [1.29, 1.82) is 0 Å². The molecule has 106 valence electrons. The van der Waals surface area contributed by atoms with Crippen molar-refractivity contribution in [3.8, 4) is 12.3 Å². The van der Waals surface area contributed by atoms with Crippen LogP contribution in [0, 0.1) is 12.3 Å². The Kier molecular flexibility index (Phi) is 3.89. The van der Waals surface area contributed by atoms with Gasteiger partial charge < -0.3 is 5.32 Å². The third-order valence-electron chi connectivity index (χ3n) is 3.54. The average Bonchev–Trinajstić information content (AvgIpc) is 2.55. The van der Waals surface area contributed by atoms with Gasteiger partial charge in [-0.15, -0.1) is 6.42 Å². The summed E-state index contributed by atoms with van der Waals surface area (Å²) >= 11 is 0. The van der Waals surface area contributed by atoms with Crippen LogP contribution >= 0.6 is 0 Å². The molecule has 1 amide bonds. The molecule has 0 heterocycles. The lowest BCUT2D eigenvalue weighted by Crippen LogP contribution is -2.14. The molecule has 0 saturated heterocycles. The number of anilines is 1.